The lowest BCUT2D eigenvalue weighted by Gasteiger charge is -2.20. The molecule has 0 bridgehead atoms. The van der Waals surface area contributed by atoms with Crippen LogP contribution in [0.15, 0.2) is 18.2 Å². The first-order valence-corrected chi connectivity index (χ1v) is 8.54. The van der Waals surface area contributed by atoms with Crippen LogP contribution in [0.1, 0.15) is 34.2 Å². The number of rotatable bonds is 2. The molecule has 110 valence electrons. The molecule has 4 rings (SSSR count). The number of aromatic nitrogens is 1. The van der Waals surface area contributed by atoms with Gasteiger partial charge < -0.3 is 10.1 Å². The van der Waals surface area contributed by atoms with Gasteiger partial charge in [-0.3, -0.25) is 0 Å². The molecule has 0 saturated carbocycles. The van der Waals surface area contributed by atoms with E-state index in [1.165, 1.54) is 39.5 Å². The Balaban J connectivity index is 1.74. The third kappa shape index (κ3) is 2.36. The Labute approximate surface area is 129 Å². The number of hydrogen-bond donors (Lipinski definition) is 1. The first-order chi connectivity index (χ1) is 10.3. The highest BCUT2D eigenvalue weighted by atomic mass is 32.1. The summed E-state index contributed by atoms with van der Waals surface area (Å²) in [6.07, 6.45) is 4.70. The fraction of sp³-hybridized carbons (Fsp3) is 0.471. The summed E-state index contributed by atoms with van der Waals surface area (Å²) in [5.74, 6) is 1.58. The summed E-state index contributed by atoms with van der Waals surface area (Å²) in [6.45, 7) is 2.25. The van der Waals surface area contributed by atoms with Crippen LogP contribution in [0, 0.1) is 0 Å². The first kappa shape index (κ1) is 13.3. The average Bonchev–Trinajstić information content (AvgIpc) is 3.00. The Morgan fingerprint density at radius 1 is 1.24 bits per heavy atom. The average molecular weight is 300 g/mol. The molecule has 3 nitrogen and oxygen atoms in total. The maximum atomic E-state index is 5.39. The van der Waals surface area contributed by atoms with E-state index in [0.717, 1.165) is 31.7 Å². The van der Waals surface area contributed by atoms with Gasteiger partial charge in [0, 0.05) is 16.4 Å². The van der Waals surface area contributed by atoms with Gasteiger partial charge in [0.05, 0.1) is 17.8 Å². The van der Waals surface area contributed by atoms with Crippen LogP contribution in [0.5, 0.6) is 5.75 Å². The highest BCUT2D eigenvalue weighted by molar-refractivity contribution is 7.12. The second-order valence-electron chi connectivity index (χ2n) is 5.87. The van der Waals surface area contributed by atoms with Crippen molar-refractivity contribution in [3.8, 4) is 17.0 Å². The molecule has 1 aliphatic carbocycles. The molecule has 0 atom stereocenters. The van der Waals surface area contributed by atoms with Gasteiger partial charge >= 0.3 is 0 Å². The van der Waals surface area contributed by atoms with Crippen molar-refractivity contribution < 1.29 is 4.74 Å². The minimum absolute atomic E-state index is 0.649. The van der Waals surface area contributed by atoms with E-state index < -0.39 is 0 Å². The Morgan fingerprint density at radius 2 is 2.10 bits per heavy atom. The summed E-state index contributed by atoms with van der Waals surface area (Å²) < 4.78 is 5.39. The normalized spacial score (nSPS) is 18.1. The quantitative estimate of drug-likeness (QED) is 0.923. The van der Waals surface area contributed by atoms with Crippen molar-refractivity contribution in [1.82, 2.24) is 10.3 Å². The molecular weight excluding hydrogens is 280 g/mol. The number of fused-ring (bicyclic) bond motifs is 3. The van der Waals surface area contributed by atoms with Gasteiger partial charge in [0.1, 0.15) is 5.75 Å². The standard InChI is InChI=1S/C17H20N2OS/c1-20-13-4-2-11-3-5-15-16(14(11)10-13)19-17(21-15)12-6-8-18-9-7-12/h2,4,10,12,18H,3,5-9H2,1H3. The van der Waals surface area contributed by atoms with Gasteiger partial charge in [0.25, 0.3) is 0 Å². The van der Waals surface area contributed by atoms with E-state index in [1.807, 2.05) is 11.3 Å². The van der Waals surface area contributed by atoms with Crippen LogP contribution in [-0.4, -0.2) is 25.2 Å². The van der Waals surface area contributed by atoms with Gasteiger partial charge in [-0.25, -0.2) is 4.98 Å². The highest BCUT2D eigenvalue weighted by Gasteiger charge is 2.25. The largest absolute Gasteiger partial charge is 0.497 e. The van der Waals surface area contributed by atoms with Crippen LogP contribution < -0.4 is 10.1 Å². The number of ether oxygens (including phenoxy) is 1. The van der Waals surface area contributed by atoms with Crippen LogP contribution >= 0.6 is 11.3 Å². The zero-order valence-electron chi connectivity index (χ0n) is 12.3. The SMILES string of the molecule is COc1ccc2c(c1)-c1nc(C3CCNCC3)sc1CC2. The van der Waals surface area contributed by atoms with Crippen molar-refractivity contribution in [2.24, 2.45) is 0 Å². The third-order valence-electron chi connectivity index (χ3n) is 4.60. The lowest BCUT2D eigenvalue weighted by molar-refractivity contribution is 0.415. The molecule has 1 aromatic heterocycles. The van der Waals surface area contributed by atoms with E-state index in [4.69, 9.17) is 9.72 Å². The van der Waals surface area contributed by atoms with Crippen LogP contribution in [-0.2, 0) is 12.8 Å². The van der Waals surface area contributed by atoms with E-state index in [-0.39, 0.29) is 0 Å². The predicted octanol–water partition coefficient (Wildman–Crippen LogP) is 3.38. The fourth-order valence-electron chi connectivity index (χ4n) is 3.36. The van der Waals surface area contributed by atoms with E-state index in [2.05, 4.69) is 23.5 Å². The molecule has 0 amide bonds. The summed E-state index contributed by atoms with van der Waals surface area (Å²) in [6, 6.07) is 6.41. The Bertz CT molecular complexity index is 659. The van der Waals surface area contributed by atoms with Crippen molar-refractivity contribution in [1.29, 1.82) is 0 Å². The van der Waals surface area contributed by atoms with Gasteiger partial charge in [0.2, 0.25) is 0 Å². The molecule has 2 aromatic rings. The number of methoxy groups -OCH3 is 1. The van der Waals surface area contributed by atoms with Crippen molar-refractivity contribution in [3.63, 3.8) is 0 Å². The second-order valence-corrected chi connectivity index (χ2v) is 6.99. The summed E-state index contributed by atoms with van der Waals surface area (Å²) in [7, 11) is 1.73. The fourth-order valence-corrected chi connectivity index (χ4v) is 4.61. The molecule has 1 fully saturated rings. The number of nitrogens with zero attached hydrogens (tertiary/aromatic N) is 1. The van der Waals surface area contributed by atoms with Crippen LogP contribution in [0.4, 0.5) is 0 Å². The van der Waals surface area contributed by atoms with Crippen molar-refractivity contribution in [2.75, 3.05) is 20.2 Å². The molecule has 21 heavy (non-hydrogen) atoms. The lowest BCUT2D eigenvalue weighted by Crippen LogP contribution is -2.26. The maximum absolute atomic E-state index is 5.39. The van der Waals surface area contributed by atoms with E-state index in [1.54, 1.807) is 7.11 Å². The summed E-state index contributed by atoms with van der Waals surface area (Å²) in [5.41, 5.74) is 3.91. The monoisotopic (exact) mass is 300 g/mol. The number of benzene rings is 1. The Kier molecular flexibility index (Phi) is 3.43. The molecule has 1 saturated heterocycles. The topological polar surface area (TPSA) is 34.1 Å². The number of thiazole rings is 1. The number of aryl methyl sites for hydroxylation is 2. The predicted molar refractivity (Wildman–Crippen MR) is 86.4 cm³/mol. The number of nitrogens with one attached hydrogen (secondary N) is 1. The summed E-state index contributed by atoms with van der Waals surface area (Å²) in [4.78, 5) is 6.49. The van der Waals surface area contributed by atoms with Gasteiger partial charge in [0.15, 0.2) is 0 Å². The zero-order chi connectivity index (χ0) is 14.2. The van der Waals surface area contributed by atoms with E-state index in [9.17, 15) is 0 Å². The van der Waals surface area contributed by atoms with E-state index in [0.29, 0.717) is 5.92 Å². The molecule has 2 heterocycles. The Hall–Kier alpha value is -1.39. The second kappa shape index (κ2) is 5.43. The van der Waals surface area contributed by atoms with Gasteiger partial charge in [-0.1, -0.05) is 6.07 Å². The van der Waals surface area contributed by atoms with Crippen molar-refractivity contribution in [2.45, 2.75) is 31.6 Å². The van der Waals surface area contributed by atoms with Gasteiger partial charge in [-0.15, -0.1) is 11.3 Å². The Morgan fingerprint density at radius 3 is 2.90 bits per heavy atom. The van der Waals surface area contributed by atoms with Crippen molar-refractivity contribution in [3.05, 3.63) is 33.6 Å². The number of piperidine rings is 1. The molecule has 0 spiro atoms. The smallest absolute Gasteiger partial charge is 0.119 e. The molecule has 1 N–H and O–H groups in total. The molecule has 0 unspecified atom stereocenters. The molecule has 0 radical (unpaired) electrons. The minimum atomic E-state index is 0.649. The van der Waals surface area contributed by atoms with Gasteiger partial charge in [-0.05, 0) is 56.5 Å². The van der Waals surface area contributed by atoms with Crippen LogP contribution in [0.2, 0.25) is 0 Å². The van der Waals surface area contributed by atoms with Crippen molar-refractivity contribution >= 4 is 11.3 Å². The molecule has 4 heteroatoms. The highest BCUT2D eigenvalue weighted by Crippen LogP contribution is 2.41. The van der Waals surface area contributed by atoms with Gasteiger partial charge in [-0.2, -0.15) is 0 Å². The molecule has 2 aliphatic rings. The molecule has 1 aliphatic heterocycles. The van der Waals surface area contributed by atoms with Crippen LogP contribution in [0.25, 0.3) is 11.3 Å². The molecular formula is C17H20N2OS. The minimum Gasteiger partial charge on any atom is -0.497 e. The lowest BCUT2D eigenvalue weighted by atomic mass is 9.93. The third-order valence-corrected chi connectivity index (χ3v) is 5.87. The van der Waals surface area contributed by atoms with E-state index >= 15 is 0 Å². The summed E-state index contributed by atoms with van der Waals surface area (Å²) in [5, 5.41) is 4.78. The maximum Gasteiger partial charge on any atom is 0.119 e. The zero-order valence-corrected chi connectivity index (χ0v) is 13.1. The van der Waals surface area contributed by atoms with Crippen LogP contribution in [0.3, 0.4) is 0 Å². The number of hydrogen-bond acceptors (Lipinski definition) is 4. The summed E-state index contributed by atoms with van der Waals surface area (Å²) >= 11 is 1.94. The first-order valence-electron chi connectivity index (χ1n) is 7.73. The molecule has 1 aromatic carbocycles.